The summed E-state index contributed by atoms with van der Waals surface area (Å²) < 4.78 is 16.6. The third-order valence-electron chi connectivity index (χ3n) is 8.71. The molecule has 0 aliphatic heterocycles. The lowest BCUT2D eigenvalue weighted by Crippen LogP contribution is -2.30. The number of hydrogen-bond donors (Lipinski definition) is 0. The van der Waals surface area contributed by atoms with Crippen molar-refractivity contribution in [1.29, 1.82) is 0 Å². The Balaban J connectivity index is 4.50. The zero-order chi connectivity index (χ0) is 39.4. The van der Waals surface area contributed by atoms with E-state index in [-0.39, 0.29) is 31.1 Å². The van der Waals surface area contributed by atoms with Crippen LogP contribution in [0.5, 0.6) is 0 Å². The number of carbonyl (C=O) groups excluding carboxylic acids is 3. The van der Waals surface area contributed by atoms with E-state index >= 15 is 0 Å². The Labute approximate surface area is 331 Å². The zero-order valence-corrected chi connectivity index (χ0v) is 34.7. The molecule has 0 radical (unpaired) electrons. The molecule has 0 rings (SSSR count). The van der Waals surface area contributed by atoms with Crippen molar-refractivity contribution in [1.82, 2.24) is 0 Å². The molecule has 0 saturated heterocycles. The average Bonchev–Trinajstić information content (AvgIpc) is 3.17. The first-order chi connectivity index (χ1) is 26.5. The van der Waals surface area contributed by atoms with Crippen LogP contribution in [0.2, 0.25) is 0 Å². The number of unbranched alkanes of at least 4 members (excludes halogenated alkanes) is 15. The predicted molar refractivity (Wildman–Crippen MR) is 228 cm³/mol. The summed E-state index contributed by atoms with van der Waals surface area (Å²) >= 11 is 0. The molecule has 0 bridgehead atoms. The van der Waals surface area contributed by atoms with Gasteiger partial charge in [-0.3, -0.25) is 14.4 Å². The summed E-state index contributed by atoms with van der Waals surface area (Å²) in [7, 11) is 0. The van der Waals surface area contributed by atoms with E-state index in [1.54, 1.807) is 0 Å². The van der Waals surface area contributed by atoms with Crippen LogP contribution >= 0.6 is 0 Å². The normalized spacial score (nSPS) is 12.9. The Morgan fingerprint density at radius 1 is 0.407 bits per heavy atom. The third-order valence-corrected chi connectivity index (χ3v) is 8.71. The summed E-state index contributed by atoms with van der Waals surface area (Å²) in [4.78, 5) is 37.6. The van der Waals surface area contributed by atoms with Gasteiger partial charge >= 0.3 is 17.9 Å². The highest BCUT2D eigenvalue weighted by molar-refractivity contribution is 5.71. The quantitative estimate of drug-likeness (QED) is 0.0207. The highest BCUT2D eigenvalue weighted by Gasteiger charge is 2.19. The SMILES string of the molecule is CC\C=C/C=C\C=C/C=C\CCCCCC(=O)OCC(COC(=O)CCCCCCC/C=C\CCCC)OC(=O)CCCCCCC/C=C\C/C=C\CC. The molecule has 6 heteroatoms. The highest BCUT2D eigenvalue weighted by atomic mass is 16.6. The molecule has 54 heavy (non-hydrogen) atoms. The topological polar surface area (TPSA) is 78.9 Å². The van der Waals surface area contributed by atoms with E-state index in [4.69, 9.17) is 14.2 Å². The molecule has 1 atom stereocenters. The van der Waals surface area contributed by atoms with Crippen LogP contribution in [0.25, 0.3) is 0 Å². The van der Waals surface area contributed by atoms with E-state index in [0.29, 0.717) is 19.3 Å². The van der Waals surface area contributed by atoms with Gasteiger partial charge in [0.05, 0.1) is 0 Å². The summed E-state index contributed by atoms with van der Waals surface area (Å²) in [5.41, 5.74) is 0. The first-order valence-corrected chi connectivity index (χ1v) is 21.6. The van der Waals surface area contributed by atoms with E-state index in [9.17, 15) is 14.4 Å². The second-order valence-electron chi connectivity index (χ2n) is 13.9. The Kier molecular flexibility index (Phi) is 39.7. The minimum absolute atomic E-state index is 0.101. The van der Waals surface area contributed by atoms with Crippen molar-refractivity contribution in [3.63, 3.8) is 0 Å². The second-order valence-corrected chi connectivity index (χ2v) is 13.9. The van der Waals surface area contributed by atoms with Crippen LogP contribution in [0, 0.1) is 0 Å². The standard InChI is InChI=1S/C48H78O6/c1-4-7-10-13-16-19-22-24-27-29-32-35-38-41-47(50)53-44-45(43-52-46(49)40-37-34-31-28-25-21-18-15-12-9-6-3)54-48(51)42-39-36-33-30-26-23-20-17-14-11-8-5-2/h7-8,10-11,13,15-20,22,24,27,45H,4-6,9,12,14,21,23,25-26,28-44H2,1-3H3/b10-7-,11-8-,16-13-,18-15-,20-17-,22-19-,27-24-. The van der Waals surface area contributed by atoms with Crippen molar-refractivity contribution in [2.24, 2.45) is 0 Å². The molecule has 1 unspecified atom stereocenters. The first-order valence-electron chi connectivity index (χ1n) is 21.6. The molecular weight excluding hydrogens is 673 g/mol. The Morgan fingerprint density at radius 3 is 1.37 bits per heavy atom. The third kappa shape index (κ3) is 39.8. The van der Waals surface area contributed by atoms with Gasteiger partial charge in [-0.05, 0) is 83.5 Å². The maximum atomic E-state index is 12.7. The Morgan fingerprint density at radius 2 is 0.815 bits per heavy atom. The van der Waals surface area contributed by atoms with E-state index in [1.807, 2.05) is 36.5 Å². The summed E-state index contributed by atoms with van der Waals surface area (Å²) in [5.74, 6) is -0.977. The van der Waals surface area contributed by atoms with Crippen LogP contribution < -0.4 is 0 Å². The fourth-order valence-electron chi connectivity index (χ4n) is 5.47. The van der Waals surface area contributed by atoms with Gasteiger partial charge in [0.1, 0.15) is 13.2 Å². The number of rotatable bonds is 37. The number of hydrogen-bond acceptors (Lipinski definition) is 6. The number of ether oxygens (including phenoxy) is 3. The van der Waals surface area contributed by atoms with Gasteiger partial charge in [0.2, 0.25) is 0 Å². The van der Waals surface area contributed by atoms with Gasteiger partial charge in [0.25, 0.3) is 0 Å². The number of allylic oxidation sites excluding steroid dienone is 14. The molecule has 306 valence electrons. The summed E-state index contributed by atoms with van der Waals surface area (Å²) in [6, 6.07) is 0. The molecule has 0 heterocycles. The van der Waals surface area contributed by atoms with Crippen molar-refractivity contribution < 1.29 is 28.6 Å². The van der Waals surface area contributed by atoms with Gasteiger partial charge in [-0.1, -0.05) is 164 Å². The van der Waals surface area contributed by atoms with Gasteiger partial charge in [-0.15, -0.1) is 0 Å². The summed E-state index contributed by atoms with van der Waals surface area (Å²) in [6.45, 7) is 6.26. The molecule has 0 spiro atoms. The minimum Gasteiger partial charge on any atom is -0.462 e. The monoisotopic (exact) mass is 751 g/mol. The Hall–Kier alpha value is -3.41. The van der Waals surface area contributed by atoms with Crippen LogP contribution in [0.15, 0.2) is 85.1 Å². The maximum Gasteiger partial charge on any atom is 0.306 e. The van der Waals surface area contributed by atoms with E-state index in [2.05, 4.69) is 69.4 Å². The minimum atomic E-state index is -0.801. The van der Waals surface area contributed by atoms with Crippen LogP contribution in [-0.4, -0.2) is 37.2 Å². The fourth-order valence-corrected chi connectivity index (χ4v) is 5.47. The molecular formula is C48H78O6. The number of esters is 3. The molecule has 0 saturated carbocycles. The molecule has 0 fully saturated rings. The molecule has 6 nitrogen and oxygen atoms in total. The van der Waals surface area contributed by atoms with E-state index in [0.717, 1.165) is 116 Å². The molecule has 0 aliphatic carbocycles. The maximum absolute atomic E-state index is 12.7. The van der Waals surface area contributed by atoms with Crippen molar-refractivity contribution >= 4 is 17.9 Å². The van der Waals surface area contributed by atoms with Crippen LogP contribution in [0.1, 0.15) is 181 Å². The zero-order valence-electron chi connectivity index (χ0n) is 34.7. The van der Waals surface area contributed by atoms with E-state index in [1.165, 1.54) is 25.7 Å². The molecule has 0 aromatic rings. The van der Waals surface area contributed by atoms with Crippen LogP contribution in [0.4, 0.5) is 0 Å². The van der Waals surface area contributed by atoms with Gasteiger partial charge in [0.15, 0.2) is 6.10 Å². The van der Waals surface area contributed by atoms with Gasteiger partial charge in [0, 0.05) is 19.3 Å². The predicted octanol–water partition coefficient (Wildman–Crippen LogP) is 13.7. The van der Waals surface area contributed by atoms with Crippen molar-refractivity contribution in [3.05, 3.63) is 85.1 Å². The number of carbonyl (C=O) groups is 3. The lowest BCUT2D eigenvalue weighted by molar-refractivity contribution is -0.167. The lowest BCUT2D eigenvalue weighted by atomic mass is 10.1. The first kappa shape index (κ1) is 50.6. The molecule has 0 amide bonds. The van der Waals surface area contributed by atoms with Gasteiger partial charge in [-0.25, -0.2) is 0 Å². The van der Waals surface area contributed by atoms with Gasteiger partial charge in [-0.2, -0.15) is 0 Å². The van der Waals surface area contributed by atoms with Crippen LogP contribution in [0.3, 0.4) is 0 Å². The second kappa shape index (κ2) is 42.3. The molecule has 0 N–H and O–H groups in total. The van der Waals surface area contributed by atoms with Crippen molar-refractivity contribution in [2.75, 3.05) is 13.2 Å². The summed E-state index contributed by atoms with van der Waals surface area (Å²) in [6.07, 6.45) is 52.8. The molecule has 0 aromatic carbocycles. The summed E-state index contributed by atoms with van der Waals surface area (Å²) in [5, 5.41) is 0. The molecule has 0 aromatic heterocycles. The largest absolute Gasteiger partial charge is 0.462 e. The van der Waals surface area contributed by atoms with Crippen LogP contribution in [-0.2, 0) is 28.6 Å². The highest BCUT2D eigenvalue weighted by Crippen LogP contribution is 2.12. The fraction of sp³-hybridized carbons (Fsp3) is 0.646. The van der Waals surface area contributed by atoms with Gasteiger partial charge < -0.3 is 14.2 Å². The smallest absolute Gasteiger partial charge is 0.306 e. The van der Waals surface area contributed by atoms with Crippen molar-refractivity contribution in [2.45, 2.75) is 187 Å². The molecule has 0 aliphatic rings. The average molecular weight is 751 g/mol. The Bertz CT molecular complexity index is 1090. The lowest BCUT2D eigenvalue weighted by Gasteiger charge is -2.18. The van der Waals surface area contributed by atoms with E-state index < -0.39 is 6.10 Å². The van der Waals surface area contributed by atoms with Crippen molar-refractivity contribution in [3.8, 4) is 0 Å².